The zero-order valence-electron chi connectivity index (χ0n) is 16.0. The van der Waals surface area contributed by atoms with Crippen LogP contribution in [0.4, 0.5) is 10.5 Å². The van der Waals surface area contributed by atoms with Crippen LogP contribution in [0.3, 0.4) is 0 Å². The van der Waals surface area contributed by atoms with Gasteiger partial charge in [0.25, 0.3) is 0 Å². The molecule has 1 saturated heterocycles. The molecule has 7 heteroatoms. The Morgan fingerprint density at radius 2 is 2.04 bits per heavy atom. The van der Waals surface area contributed by atoms with Gasteiger partial charge in [-0.15, -0.1) is 0 Å². The minimum absolute atomic E-state index is 0.251. The summed E-state index contributed by atoms with van der Waals surface area (Å²) in [5, 5.41) is 3.36. The Hall–Kier alpha value is -2.21. The van der Waals surface area contributed by atoms with Crippen molar-refractivity contribution in [2.45, 2.75) is 58.5 Å². The van der Waals surface area contributed by atoms with Gasteiger partial charge in [-0.25, -0.2) is 9.59 Å². The highest BCUT2D eigenvalue weighted by Gasteiger charge is 2.45. The van der Waals surface area contributed by atoms with Gasteiger partial charge < -0.3 is 9.47 Å². The number of ether oxygens (including phenoxy) is 2. The van der Waals surface area contributed by atoms with Gasteiger partial charge >= 0.3 is 6.09 Å². The molecule has 0 bridgehead atoms. The maximum Gasteiger partial charge on any atom is 0.413 e. The number of isocyanates is 1. The van der Waals surface area contributed by atoms with Crippen molar-refractivity contribution in [2.24, 2.45) is 4.99 Å². The average Bonchev–Trinajstić information content (AvgIpc) is 2.82. The van der Waals surface area contributed by atoms with Crippen molar-refractivity contribution in [1.82, 2.24) is 10.2 Å². The molecule has 2 rings (SSSR count). The molecule has 1 N–H and O–H groups in total. The number of rotatable bonds is 5. The molecule has 26 heavy (non-hydrogen) atoms. The second-order valence-corrected chi connectivity index (χ2v) is 7.70. The second kappa shape index (κ2) is 7.99. The highest BCUT2D eigenvalue weighted by molar-refractivity contribution is 5.69. The van der Waals surface area contributed by atoms with E-state index in [0.717, 1.165) is 12.0 Å². The fourth-order valence-corrected chi connectivity index (χ4v) is 2.78. The van der Waals surface area contributed by atoms with Gasteiger partial charge in [0.15, 0.2) is 0 Å². The van der Waals surface area contributed by atoms with E-state index >= 15 is 0 Å². The molecule has 1 amide bonds. The molecule has 7 nitrogen and oxygen atoms in total. The lowest BCUT2D eigenvalue weighted by Crippen LogP contribution is -2.54. The minimum atomic E-state index is -0.728. The Balaban J connectivity index is 1.94. The molecule has 1 unspecified atom stereocenters. The van der Waals surface area contributed by atoms with E-state index in [9.17, 15) is 9.59 Å². The second-order valence-electron chi connectivity index (χ2n) is 7.70. The first-order valence-corrected chi connectivity index (χ1v) is 8.69. The molecule has 1 aliphatic rings. The fourth-order valence-electron chi connectivity index (χ4n) is 2.78. The molecule has 1 fully saturated rings. The largest absolute Gasteiger partial charge is 0.444 e. The molecule has 1 aromatic rings. The van der Waals surface area contributed by atoms with E-state index in [1.165, 1.54) is 6.08 Å². The van der Waals surface area contributed by atoms with Crippen LogP contribution in [0.5, 0.6) is 0 Å². The van der Waals surface area contributed by atoms with E-state index in [2.05, 4.69) is 10.3 Å². The standard InChI is InChI=1S/C19H27N3O4/c1-18(2,3)26-17(24)22-16(12-25-19(22,4)5)20-11-10-14-6-8-15(9-7-14)21-13-23/h6-9,16,20H,10-12H2,1-5H3. The third-order valence-corrected chi connectivity index (χ3v) is 3.98. The van der Waals surface area contributed by atoms with Crippen LogP contribution in [0, 0.1) is 0 Å². The monoisotopic (exact) mass is 361 g/mol. The van der Waals surface area contributed by atoms with Crippen LogP contribution in [0.15, 0.2) is 29.3 Å². The van der Waals surface area contributed by atoms with Crippen LogP contribution in [-0.2, 0) is 20.7 Å². The van der Waals surface area contributed by atoms with E-state index in [1.807, 2.05) is 46.8 Å². The summed E-state index contributed by atoms with van der Waals surface area (Å²) in [5.41, 5.74) is 0.392. The van der Waals surface area contributed by atoms with Gasteiger partial charge in [-0.05, 0) is 58.7 Å². The van der Waals surface area contributed by atoms with Crippen molar-refractivity contribution in [1.29, 1.82) is 0 Å². The summed E-state index contributed by atoms with van der Waals surface area (Å²) < 4.78 is 11.3. The van der Waals surface area contributed by atoms with Crippen molar-refractivity contribution in [2.75, 3.05) is 13.2 Å². The number of hydrogen-bond donors (Lipinski definition) is 1. The molecule has 0 saturated carbocycles. The van der Waals surface area contributed by atoms with Gasteiger partial charge in [0, 0.05) is 6.54 Å². The number of carbonyl (C=O) groups excluding carboxylic acids is 2. The van der Waals surface area contributed by atoms with Crippen LogP contribution in [0.2, 0.25) is 0 Å². The Morgan fingerprint density at radius 3 is 2.62 bits per heavy atom. The molecule has 1 aliphatic heterocycles. The highest BCUT2D eigenvalue weighted by atomic mass is 16.6. The predicted octanol–water partition coefficient (Wildman–Crippen LogP) is 3.12. The summed E-state index contributed by atoms with van der Waals surface area (Å²) in [4.78, 5) is 28.0. The first-order valence-electron chi connectivity index (χ1n) is 8.69. The van der Waals surface area contributed by atoms with Gasteiger partial charge in [0.2, 0.25) is 6.08 Å². The maximum atomic E-state index is 12.6. The van der Waals surface area contributed by atoms with E-state index in [-0.39, 0.29) is 6.17 Å². The summed E-state index contributed by atoms with van der Waals surface area (Å²) in [6.07, 6.45) is 1.64. The molecule has 0 aromatic heterocycles. The normalized spacial score (nSPS) is 19.1. The molecule has 0 spiro atoms. The molecular weight excluding hydrogens is 334 g/mol. The molecule has 0 radical (unpaired) electrons. The lowest BCUT2D eigenvalue weighted by atomic mass is 10.1. The summed E-state index contributed by atoms with van der Waals surface area (Å²) >= 11 is 0. The van der Waals surface area contributed by atoms with Crippen LogP contribution in [0.1, 0.15) is 40.2 Å². The zero-order valence-corrected chi connectivity index (χ0v) is 16.0. The summed E-state index contributed by atoms with van der Waals surface area (Å²) in [6, 6.07) is 7.38. The van der Waals surface area contributed by atoms with E-state index in [0.29, 0.717) is 18.8 Å². The van der Waals surface area contributed by atoms with Crippen molar-refractivity contribution < 1.29 is 19.1 Å². The first-order chi connectivity index (χ1) is 12.1. The number of nitrogens with one attached hydrogen (secondary N) is 1. The predicted molar refractivity (Wildman–Crippen MR) is 97.8 cm³/mol. The first kappa shape index (κ1) is 20.1. The molecular formula is C19H27N3O4. The maximum absolute atomic E-state index is 12.6. The number of aliphatic imine (C=N–C) groups is 1. The summed E-state index contributed by atoms with van der Waals surface area (Å²) in [7, 11) is 0. The molecule has 142 valence electrons. The van der Waals surface area contributed by atoms with Gasteiger partial charge in [-0.3, -0.25) is 10.2 Å². The Kier molecular flexibility index (Phi) is 6.18. The number of benzene rings is 1. The van der Waals surface area contributed by atoms with Gasteiger partial charge in [0.1, 0.15) is 17.5 Å². The quantitative estimate of drug-likeness (QED) is 0.644. The zero-order chi connectivity index (χ0) is 19.4. The molecule has 1 atom stereocenters. The van der Waals surface area contributed by atoms with Crippen molar-refractivity contribution in [3.8, 4) is 0 Å². The number of hydrogen-bond acceptors (Lipinski definition) is 6. The Bertz CT molecular complexity index is 673. The third kappa shape index (κ3) is 5.39. The summed E-state index contributed by atoms with van der Waals surface area (Å²) in [6.45, 7) is 10.3. The van der Waals surface area contributed by atoms with Gasteiger partial charge in [-0.2, -0.15) is 4.99 Å². The minimum Gasteiger partial charge on any atom is -0.444 e. The van der Waals surface area contributed by atoms with Crippen LogP contribution in [-0.4, -0.2) is 47.7 Å². The number of carbonyl (C=O) groups is 1. The fraction of sp³-hybridized carbons (Fsp3) is 0.579. The van der Waals surface area contributed by atoms with Crippen LogP contribution >= 0.6 is 0 Å². The van der Waals surface area contributed by atoms with E-state index in [1.54, 1.807) is 17.0 Å². The van der Waals surface area contributed by atoms with E-state index in [4.69, 9.17) is 9.47 Å². The summed E-state index contributed by atoms with van der Waals surface area (Å²) in [5.74, 6) is 0. The van der Waals surface area contributed by atoms with Gasteiger partial charge in [-0.1, -0.05) is 12.1 Å². The Morgan fingerprint density at radius 1 is 1.38 bits per heavy atom. The van der Waals surface area contributed by atoms with Crippen molar-refractivity contribution in [3.63, 3.8) is 0 Å². The topological polar surface area (TPSA) is 80.2 Å². The molecule has 0 aliphatic carbocycles. The third-order valence-electron chi connectivity index (χ3n) is 3.98. The van der Waals surface area contributed by atoms with Crippen molar-refractivity contribution in [3.05, 3.63) is 29.8 Å². The molecule has 1 heterocycles. The molecule has 1 aromatic carbocycles. The number of amides is 1. The smallest absolute Gasteiger partial charge is 0.413 e. The lowest BCUT2D eigenvalue weighted by Gasteiger charge is -2.35. The Labute approximate surface area is 154 Å². The van der Waals surface area contributed by atoms with Crippen LogP contribution in [0.25, 0.3) is 0 Å². The van der Waals surface area contributed by atoms with Crippen molar-refractivity contribution >= 4 is 17.9 Å². The van der Waals surface area contributed by atoms with Crippen LogP contribution < -0.4 is 5.32 Å². The average molecular weight is 361 g/mol. The lowest BCUT2D eigenvalue weighted by molar-refractivity contribution is -0.0635. The van der Waals surface area contributed by atoms with Gasteiger partial charge in [0.05, 0.1) is 12.3 Å². The highest BCUT2D eigenvalue weighted by Crippen LogP contribution is 2.28. The van der Waals surface area contributed by atoms with E-state index < -0.39 is 17.4 Å². The number of nitrogens with zero attached hydrogens (tertiary/aromatic N) is 2. The SMILES string of the molecule is CC(C)(C)OC(=O)N1C(NCCc2ccc(N=C=O)cc2)COC1(C)C.